The second-order valence-electron chi connectivity index (χ2n) is 6.31. The maximum atomic E-state index is 11.3. The molecule has 156 valence electrons. The molecule has 0 spiro atoms. The number of phosphoric ester groups is 2. The lowest BCUT2D eigenvalue weighted by atomic mass is 10.1. The molecule has 1 aliphatic carbocycles. The van der Waals surface area contributed by atoms with E-state index in [1.54, 1.807) is 11.6 Å². The standard InChI is InChI=1S/C12H20N6O8P2/c1-14-10-9-11(17-12(13)16-10)18(5-15-9)7-2-6(4-25-27(19,20)21)8(3-7)26-28(22,23)24/h5-8H,2-4H2,1H3,(H2,19,20,21)(H2,22,23,24)(H3,13,14,16,17)/t6-,7-,8-/m1/s1. The smallest absolute Gasteiger partial charge is 0.371 e. The molecule has 1 saturated carbocycles. The first-order valence-electron chi connectivity index (χ1n) is 8.08. The minimum atomic E-state index is -4.82. The number of anilines is 2. The van der Waals surface area contributed by atoms with Crippen molar-refractivity contribution in [1.29, 1.82) is 0 Å². The van der Waals surface area contributed by atoms with Crippen molar-refractivity contribution in [1.82, 2.24) is 19.5 Å². The highest BCUT2D eigenvalue weighted by Gasteiger charge is 2.41. The predicted molar refractivity (Wildman–Crippen MR) is 96.0 cm³/mol. The number of hydrogen-bond acceptors (Lipinski definition) is 9. The van der Waals surface area contributed by atoms with Crippen LogP contribution in [0.4, 0.5) is 11.8 Å². The van der Waals surface area contributed by atoms with Crippen molar-refractivity contribution in [3.05, 3.63) is 6.33 Å². The normalized spacial score (nSPS) is 23.4. The Hall–Kier alpha value is -1.63. The number of hydrogen-bond donors (Lipinski definition) is 6. The van der Waals surface area contributed by atoms with E-state index >= 15 is 0 Å². The zero-order chi connectivity index (χ0) is 20.7. The first-order chi connectivity index (χ1) is 13.0. The second-order valence-corrected chi connectivity index (χ2v) is 8.74. The molecule has 2 aromatic heterocycles. The van der Waals surface area contributed by atoms with Crippen molar-refractivity contribution in [2.75, 3.05) is 24.7 Å². The van der Waals surface area contributed by atoms with Crippen molar-refractivity contribution in [3.63, 3.8) is 0 Å². The van der Waals surface area contributed by atoms with Gasteiger partial charge in [0.25, 0.3) is 0 Å². The van der Waals surface area contributed by atoms with Crippen LogP contribution in [0.5, 0.6) is 0 Å². The Morgan fingerprint density at radius 2 is 1.96 bits per heavy atom. The van der Waals surface area contributed by atoms with E-state index in [-0.39, 0.29) is 24.8 Å². The van der Waals surface area contributed by atoms with Crippen molar-refractivity contribution in [2.24, 2.45) is 5.92 Å². The number of nitrogens with zero attached hydrogens (tertiary/aromatic N) is 4. The first kappa shape index (κ1) is 21.1. The van der Waals surface area contributed by atoms with Crippen LogP contribution in [0.25, 0.3) is 11.2 Å². The number of rotatable bonds is 7. The van der Waals surface area contributed by atoms with Crippen molar-refractivity contribution in [2.45, 2.75) is 25.0 Å². The van der Waals surface area contributed by atoms with Gasteiger partial charge in [-0.1, -0.05) is 0 Å². The lowest BCUT2D eigenvalue weighted by Gasteiger charge is -2.19. The van der Waals surface area contributed by atoms with Crippen LogP contribution in [0.15, 0.2) is 6.33 Å². The van der Waals surface area contributed by atoms with Gasteiger partial charge in [0.2, 0.25) is 5.95 Å². The Labute approximate surface area is 158 Å². The second kappa shape index (κ2) is 7.65. The molecule has 3 rings (SSSR count). The number of imidazole rings is 1. The van der Waals surface area contributed by atoms with Crippen LogP contribution in [0.1, 0.15) is 18.9 Å². The number of phosphoric acid groups is 2. The van der Waals surface area contributed by atoms with Gasteiger partial charge in [-0.2, -0.15) is 9.97 Å². The molecular weight excluding hydrogens is 418 g/mol. The predicted octanol–water partition coefficient (Wildman–Crippen LogP) is -0.0115. The highest BCUT2D eigenvalue weighted by Crippen LogP contribution is 2.48. The maximum absolute atomic E-state index is 11.3. The van der Waals surface area contributed by atoms with Crippen LogP contribution < -0.4 is 11.1 Å². The molecule has 2 aromatic rings. The average Bonchev–Trinajstić information content (AvgIpc) is 3.13. The topological polar surface area (TPSA) is 215 Å². The molecule has 28 heavy (non-hydrogen) atoms. The van der Waals surface area contributed by atoms with E-state index in [0.29, 0.717) is 17.0 Å². The third-order valence-electron chi connectivity index (χ3n) is 4.40. The Balaban J connectivity index is 1.90. The average molecular weight is 438 g/mol. The van der Waals surface area contributed by atoms with Gasteiger partial charge in [0.05, 0.1) is 19.0 Å². The zero-order valence-corrected chi connectivity index (χ0v) is 16.4. The summed E-state index contributed by atoms with van der Waals surface area (Å²) in [5, 5.41) is 2.86. The highest BCUT2D eigenvalue weighted by atomic mass is 31.2. The Morgan fingerprint density at radius 1 is 1.25 bits per heavy atom. The summed E-state index contributed by atoms with van der Waals surface area (Å²) in [6.45, 7) is -0.434. The van der Waals surface area contributed by atoms with E-state index in [1.807, 2.05) is 0 Å². The van der Waals surface area contributed by atoms with Crippen molar-refractivity contribution >= 4 is 38.6 Å². The first-order valence-corrected chi connectivity index (χ1v) is 11.1. The third-order valence-corrected chi connectivity index (χ3v) is 5.43. The summed E-state index contributed by atoms with van der Waals surface area (Å²) >= 11 is 0. The molecule has 1 aliphatic rings. The van der Waals surface area contributed by atoms with Crippen molar-refractivity contribution < 1.29 is 37.8 Å². The van der Waals surface area contributed by atoms with Gasteiger partial charge in [-0.25, -0.2) is 14.1 Å². The third kappa shape index (κ3) is 4.85. The Kier molecular flexibility index (Phi) is 5.76. The summed E-state index contributed by atoms with van der Waals surface area (Å²) < 4.78 is 33.3. The molecule has 7 N–H and O–H groups in total. The number of nitrogens with two attached hydrogens (primary N) is 1. The fraction of sp³-hybridized carbons (Fsp3) is 0.583. The molecule has 0 amide bonds. The van der Waals surface area contributed by atoms with E-state index in [1.165, 1.54) is 6.33 Å². The number of nitrogens with one attached hydrogen (secondary N) is 1. The Morgan fingerprint density at radius 3 is 2.57 bits per heavy atom. The lowest BCUT2D eigenvalue weighted by molar-refractivity contribution is 0.0738. The molecule has 0 unspecified atom stereocenters. The fourth-order valence-electron chi connectivity index (χ4n) is 3.33. The molecule has 16 heteroatoms. The van der Waals surface area contributed by atoms with E-state index in [4.69, 9.17) is 29.8 Å². The summed E-state index contributed by atoms with van der Waals surface area (Å²) in [6, 6.07) is -0.370. The van der Waals surface area contributed by atoms with Gasteiger partial charge in [-0.15, -0.1) is 0 Å². The minimum Gasteiger partial charge on any atom is -0.371 e. The van der Waals surface area contributed by atoms with Crippen LogP contribution in [-0.2, 0) is 18.2 Å². The summed E-state index contributed by atoms with van der Waals surface area (Å²) in [4.78, 5) is 48.6. The van der Waals surface area contributed by atoms with Gasteiger partial charge in [-0.05, 0) is 12.8 Å². The number of nitrogen functional groups attached to an aromatic ring is 1. The van der Waals surface area contributed by atoms with Gasteiger partial charge < -0.3 is 35.2 Å². The maximum Gasteiger partial charge on any atom is 0.469 e. The monoisotopic (exact) mass is 438 g/mol. The van der Waals surface area contributed by atoms with Crippen LogP contribution >= 0.6 is 15.6 Å². The lowest BCUT2D eigenvalue weighted by Crippen LogP contribution is -2.21. The largest absolute Gasteiger partial charge is 0.469 e. The zero-order valence-electron chi connectivity index (χ0n) is 14.6. The molecule has 0 bridgehead atoms. The van der Waals surface area contributed by atoms with Gasteiger partial charge in [0.15, 0.2) is 17.0 Å². The minimum absolute atomic E-state index is 0.0148. The van der Waals surface area contributed by atoms with Crippen LogP contribution in [-0.4, -0.2) is 58.9 Å². The summed E-state index contributed by atoms with van der Waals surface area (Å²) in [5.41, 5.74) is 6.59. The van der Waals surface area contributed by atoms with Crippen LogP contribution in [0.2, 0.25) is 0 Å². The van der Waals surface area contributed by atoms with Gasteiger partial charge >= 0.3 is 15.6 Å². The summed E-state index contributed by atoms with van der Waals surface area (Å²) in [7, 11) is -7.92. The molecule has 0 saturated heterocycles. The molecule has 0 aliphatic heterocycles. The van der Waals surface area contributed by atoms with Gasteiger partial charge in [0, 0.05) is 19.0 Å². The molecule has 0 aromatic carbocycles. The van der Waals surface area contributed by atoms with E-state index < -0.39 is 34.3 Å². The van der Waals surface area contributed by atoms with Crippen LogP contribution in [0.3, 0.4) is 0 Å². The quantitative estimate of drug-likeness (QED) is 0.314. The number of aromatic nitrogens is 4. The summed E-state index contributed by atoms with van der Waals surface area (Å²) in [5.74, 6) is -0.240. The molecule has 3 atom stereocenters. The van der Waals surface area contributed by atoms with E-state index in [9.17, 15) is 9.13 Å². The number of fused-ring (bicyclic) bond motifs is 1. The Bertz CT molecular complexity index is 957. The molecule has 14 nitrogen and oxygen atoms in total. The SMILES string of the molecule is CNc1nc(N)nc2c1ncn2[C@@H]1C[C@H](COP(=O)(O)O)[C@H](OP(=O)(O)O)C1. The molecule has 0 radical (unpaired) electrons. The van der Waals surface area contributed by atoms with Crippen molar-refractivity contribution in [3.8, 4) is 0 Å². The van der Waals surface area contributed by atoms with E-state index in [2.05, 4.69) is 24.8 Å². The van der Waals surface area contributed by atoms with Gasteiger partial charge in [-0.3, -0.25) is 9.05 Å². The highest BCUT2D eigenvalue weighted by molar-refractivity contribution is 7.46. The molecule has 1 fully saturated rings. The van der Waals surface area contributed by atoms with Gasteiger partial charge in [0.1, 0.15) is 0 Å². The van der Waals surface area contributed by atoms with E-state index in [0.717, 1.165) is 0 Å². The molecular formula is C12H20N6O8P2. The van der Waals surface area contributed by atoms with Crippen LogP contribution in [0, 0.1) is 5.92 Å². The molecule has 2 heterocycles. The fourth-order valence-corrected chi connectivity index (χ4v) is 4.33. The summed E-state index contributed by atoms with van der Waals surface area (Å²) in [6.07, 6.45) is 0.905.